The van der Waals surface area contributed by atoms with Crippen molar-refractivity contribution in [2.24, 2.45) is 0 Å². The molecule has 0 spiro atoms. The monoisotopic (exact) mass is 439 g/mol. The summed E-state index contributed by atoms with van der Waals surface area (Å²) in [5.74, 6) is -0.0247. The topological polar surface area (TPSA) is 84.5 Å². The van der Waals surface area contributed by atoms with Crippen molar-refractivity contribution in [2.45, 2.75) is 13.8 Å². The number of nitrogens with zero attached hydrogens (tertiary/aromatic N) is 5. The average Bonchev–Trinajstić information content (AvgIpc) is 3.11. The highest BCUT2D eigenvalue weighted by Crippen LogP contribution is 2.30. The van der Waals surface area contributed by atoms with Crippen LogP contribution in [-0.2, 0) is 0 Å². The van der Waals surface area contributed by atoms with Gasteiger partial charge in [0.2, 0.25) is 0 Å². The number of hydrogen-bond donors (Lipinski definition) is 0. The molecule has 8 nitrogen and oxygen atoms in total. The molecule has 1 aromatic heterocycles. The molecule has 0 radical (unpaired) electrons. The summed E-state index contributed by atoms with van der Waals surface area (Å²) in [6.45, 7) is 6.12. The molecule has 1 aliphatic rings. The molecule has 0 unspecified atom stereocenters. The quantitative estimate of drug-likeness (QED) is 0.453. The van der Waals surface area contributed by atoms with Gasteiger partial charge in [-0.05, 0) is 56.3 Å². The second-order valence-electron chi connectivity index (χ2n) is 7.56. The molecule has 0 aliphatic carbocycles. The van der Waals surface area contributed by atoms with Crippen molar-refractivity contribution in [3.63, 3.8) is 0 Å². The Morgan fingerprint density at radius 1 is 1.03 bits per heavy atom. The molecule has 4 rings (SSSR count). The number of rotatable bonds is 4. The number of aryl methyl sites for hydroxylation is 2. The van der Waals surface area contributed by atoms with E-state index in [0.717, 1.165) is 17.1 Å². The van der Waals surface area contributed by atoms with Gasteiger partial charge in [-0.3, -0.25) is 14.9 Å². The summed E-state index contributed by atoms with van der Waals surface area (Å²) >= 11 is 5.91. The largest absolute Gasteiger partial charge is 0.368 e. The highest BCUT2D eigenvalue weighted by molar-refractivity contribution is 6.30. The molecule has 2 heterocycles. The maximum absolute atomic E-state index is 12.7. The fourth-order valence-corrected chi connectivity index (χ4v) is 3.97. The molecular formula is C22H22ClN5O3. The molecule has 9 heteroatoms. The molecule has 1 saturated heterocycles. The second-order valence-corrected chi connectivity index (χ2v) is 7.99. The lowest BCUT2D eigenvalue weighted by Gasteiger charge is -2.36. The number of anilines is 1. The first-order chi connectivity index (χ1) is 14.8. The molecule has 3 aromatic rings. The zero-order chi connectivity index (χ0) is 22.1. The Morgan fingerprint density at radius 3 is 2.29 bits per heavy atom. The number of nitro benzene ring substituents is 1. The van der Waals surface area contributed by atoms with Crippen molar-refractivity contribution < 1.29 is 9.72 Å². The average molecular weight is 440 g/mol. The van der Waals surface area contributed by atoms with Crippen LogP contribution < -0.4 is 4.90 Å². The van der Waals surface area contributed by atoms with Crippen LogP contribution in [0.15, 0.2) is 48.5 Å². The SMILES string of the molecule is Cc1cc(C)n(-c2cc(N3CCN(C(=O)c4ccc(Cl)cc4)CC3)ccc2[N+](=O)[O-])n1. The maximum atomic E-state index is 12.7. The van der Waals surface area contributed by atoms with Gasteiger partial charge in [0.05, 0.1) is 10.6 Å². The highest BCUT2D eigenvalue weighted by Gasteiger charge is 2.25. The summed E-state index contributed by atoms with van der Waals surface area (Å²) in [5, 5.41) is 16.6. The van der Waals surface area contributed by atoms with E-state index < -0.39 is 4.92 Å². The van der Waals surface area contributed by atoms with E-state index in [2.05, 4.69) is 10.00 Å². The standard InChI is InChI=1S/C22H22ClN5O3/c1-15-13-16(2)27(24-15)21-14-19(7-8-20(21)28(30)31)25-9-11-26(12-10-25)22(29)17-3-5-18(23)6-4-17/h3-8,13-14H,9-12H2,1-2H3. The number of benzene rings is 2. The van der Waals surface area contributed by atoms with Gasteiger partial charge < -0.3 is 9.80 Å². The fourth-order valence-electron chi connectivity index (χ4n) is 3.85. The van der Waals surface area contributed by atoms with Gasteiger partial charge in [-0.25, -0.2) is 4.68 Å². The third kappa shape index (κ3) is 4.25. The van der Waals surface area contributed by atoms with Gasteiger partial charge in [0.15, 0.2) is 0 Å². The van der Waals surface area contributed by atoms with Gasteiger partial charge in [0.25, 0.3) is 11.6 Å². The first-order valence-electron chi connectivity index (χ1n) is 9.95. The Hall–Kier alpha value is -3.39. The molecule has 0 N–H and O–H groups in total. The highest BCUT2D eigenvalue weighted by atomic mass is 35.5. The molecule has 160 valence electrons. The van der Waals surface area contributed by atoms with Crippen LogP contribution in [0.25, 0.3) is 5.69 Å². The van der Waals surface area contributed by atoms with Crippen LogP contribution in [0.2, 0.25) is 5.02 Å². The minimum atomic E-state index is -0.391. The maximum Gasteiger partial charge on any atom is 0.295 e. The molecule has 2 aromatic carbocycles. The Morgan fingerprint density at radius 2 is 1.71 bits per heavy atom. The normalized spacial score (nSPS) is 14.0. The Labute approximate surface area is 184 Å². The smallest absolute Gasteiger partial charge is 0.295 e. The van der Waals surface area contributed by atoms with Crippen molar-refractivity contribution in [3.05, 3.63) is 80.6 Å². The second kappa shape index (κ2) is 8.39. The Bertz CT molecular complexity index is 1130. The molecule has 0 saturated carbocycles. The minimum Gasteiger partial charge on any atom is -0.368 e. The lowest BCUT2D eigenvalue weighted by Crippen LogP contribution is -2.48. The number of piperazine rings is 1. The van der Waals surface area contributed by atoms with Crippen LogP contribution >= 0.6 is 11.6 Å². The predicted octanol–water partition coefficient (Wildman–Crippen LogP) is 4.01. The molecule has 1 aliphatic heterocycles. The Kier molecular flexibility index (Phi) is 5.65. The number of carbonyl (C=O) groups is 1. The summed E-state index contributed by atoms with van der Waals surface area (Å²) in [6.07, 6.45) is 0. The van der Waals surface area contributed by atoms with Crippen LogP contribution in [0, 0.1) is 24.0 Å². The summed E-state index contributed by atoms with van der Waals surface area (Å²) in [4.78, 5) is 27.9. The number of nitro groups is 1. The number of halogens is 1. The van der Waals surface area contributed by atoms with E-state index in [1.165, 1.54) is 6.07 Å². The molecule has 31 heavy (non-hydrogen) atoms. The number of hydrogen-bond acceptors (Lipinski definition) is 5. The summed E-state index contributed by atoms with van der Waals surface area (Å²) in [5.41, 5.74) is 3.55. The summed E-state index contributed by atoms with van der Waals surface area (Å²) in [7, 11) is 0. The molecule has 0 bridgehead atoms. The summed E-state index contributed by atoms with van der Waals surface area (Å²) < 4.78 is 1.61. The van der Waals surface area contributed by atoms with Crippen molar-refractivity contribution >= 4 is 28.9 Å². The van der Waals surface area contributed by atoms with Gasteiger partial charge in [-0.15, -0.1) is 0 Å². The van der Waals surface area contributed by atoms with Gasteiger partial charge in [-0.2, -0.15) is 5.10 Å². The van der Waals surface area contributed by atoms with E-state index in [9.17, 15) is 14.9 Å². The van der Waals surface area contributed by atoms with Crippen molar-refractivity contribution in [3.8, 4) is 5.69 Å². The van der Waals surface area contributed by atoms with E-state index in [1.54, 1.807) is 41.1 Å². The van der Waals surface area contributed by atoms with Gasteiger partial charge in [0.1, 0.15) is 5.69 Å². The van der Waals surface area contributed by atoms with Crippen LogP contribution in [0.3, 0.4) is 0 Å². The third-order valence-corrected chi connectivity index (χ3v) is 5.67. The van der Waals surface area contributed by atoms with E-state index in [-0.39, 0.29) is 11.6 Å². The number of amides is 1. The van der Waals surface area contributed by atoms with Crippen LogP contribution in [-0.4, -0.2) is 51.7 Å². The van der Waals surface area contributed by atoms with Gasteiger partial charge in [0, 0.05) is 54.2 Å². The number of aromatic nitrogens is 2. The Balaban J connectivity index is 1.54. The molecule has 1 fully saturated rings. The lowest BCUT2D eigenvalue weighted by atomic mass is 10.1. The van der Waals surface area contributed by atoms with Crippen LogP contribution in [0.1, 0.15) is 21.7 Å². The number of carbonyl (C=O) groups excluding carboxylic acids is 1. The van der Waals surface area contributed by atoms with E-state index in [1.807, 2.05) is 24.8 Å². The summed E-state index contributed by atoms with van der Waals surface area (Å²) in [6, 6.07) is 13.8. The molecule has 0 atom stereocenters. The van der Waals surface area contributed by atoms with Crippen LogP contribution in [0.4, 0.5) is 11.4 Å². The van der Waals surface area contributed by atoms with Crippen molar-refractivity contribution in [2.75, 3.05) is 31.1 Å². The van der Waals surface area contributed by atoms with Crippen molar-refractivity contribution in [1.29, 1.82) is 0 Å². The zero-order valence-electron chi connectivity index (χ0n) is 17.3. The van der Waals surface area contributed by atoms with E-state index in [0.29, 0.717) is 42.5 Å². The van der Waals surface area contributed by atoms with Crippen LogP contribution in [0.5, 0.6) is 0 Å². The first kappa shape index (κ1) is 20.9. The van der Waals surface area contributed by atoms with Crippen molar-refractivity contribution in [1.82, 2.24) is 14.7 Å². The van der Waals surface area contributed by atoms with Gasteiger partial charge >= 0.3 is 0 Å². The van der Waals surface area contributed by atoms with E-state index >= 15 is 0 Å². The fraction of sp³-hybridized carbons (Fsp3) is 0.273. The minimum absolute atomic E-state index is 0.00602. The molecule has 1 amide bonds. The zero-order valence-corrected chi connectivity index (χ0v) is 18.0. The van der Waals surface area contributed by atoms with E-state index in [4.69, 9.17) is 11.6 Å². The first-order valence-corrected chi connectivity index (χ1v) is 10.3. The van der Waals surface area contributed by atoms with Gasteiger partial charge in [-0.1, -0.05) is 11.6 Å². The molecular weight excluding hydrogens is 418 g/mol. The predicted molar refractivity (Wildman–Crippen MR) is 119 cm³/mol. The third-order valence-electron chi connectivity index (χ3n) is 5.42. The lowest BCUT2D eigenvalue weighted by molar-refractivity contribution is -0.384.